The molecule has 2 aromatic rings. The molecule has 0 saturated carbocycles. The van der Waals surface area contributed by atoms with Gasteiger partial charge in [-0.3, -0.25) is 0 Å². The summed E-state index contributed by atoms with van der Waals surface area (Å²) in [4.78, 5) is 0. The summed E-state index contributed by atoms with van der Waals surface area (Å²) in [5.74, 6) is 0.788. The lowest BCUT2D eigenvalue weighted by atomic mass is 10.1. The topological polar surface area (TPSA) is 46.3 Å². The van der Waals surface area contributed by atoms with Gasteiger partial charge in [-0.2, -0.15) is 0 Å². The molecule has 0 fully saturated rings. The molecular weight excluding hydrogens is 178 g/mol. The van der Waals surface area contributed by atoms with Gasteiger partial charge in [0.2, 0.25) is 0 Å². The van der Waals surface area contributed by atoms with Crippen LogP contribution in [0.3, 0.4) is 0 Å². The van der Waals surface area contributed by atoms with E-state index >= 15 is 0 Å². The number of aromatic hydroxyl groups is 1. The maximum Gasteiger partial charge on any atom is 0.167 e. The fourth-order valence-corrected chi connectivity index (χ4v) is 1.51. The number of benzene rings is 1. The van der Waals surface area contributed by atoms with Gasteiger partial charge < -0.3 is 9.63 Å². The van der Waals surface area contributed by atoms with Gasteiger partial charge in [0.15, 0.2) is 5.58 Å². The summed E-state index contributed by atoms with van der Waals surface area (Å²) in [6, 6.07) is 5.04. The largest absolute Gasteiger partial charge is 0.508 e. The summed E-state index contributed by atoms with van der Waals surface area (Å²) in [6.45, 7) is 4.26. The monoisotopic (exact) mass is 191 g/mol. The van der Waals surface area contributed by atoms with Crippen molar-refractivity contribution in [2.75, 3.05) is 0 Å². The van der Waals surface area contributed by atoms with E-state index in [2.05, 4.69) is 19.0 Å². The molecule has 0 unspecified atom stereocenters. The highest BCUT2D eigenvalue weighted by molar-refractivity contribution is 5.80. The van der Waals surface area contributed by atoms with Gasteiger partial charge in [-0.1, -0.05) is 19.0 Å². The zero-order chi connectivity index (χ0) is 10.1. The average molecular weight is 191 g/mol. The standard InChI is InChI=1S/C11H13NO2/c1-7(2)5-10-9-6-8(13)3-4-11(9)14-12-10/h3-4,6-7,13H,5H2,1-2H3. The number of aromatic nitrogens is 1. The molecule has 1 heterocycles. The van der Waals surface area contributed by atoms with E-state index in [-0.39, 0.29) is 5.75 Å². The maximum absolute atomic E-state index is 9.34. The van der Waals surface area contributed by atoms with E-state index < -0.39 is 0 Å². The van der Waals surface area contributed by atoms with Gasteiger partial charge >= 0.3 is 0 Å². The Balaban J connectivity index is 2.50. The van der Waals surface area contributed by atoms with E-state index in [9.17, 15) is 5.11 Å². The Bertz CT molecular complexity index is 445. The smallest absolute Gasteiger partial charge is 0.167 e. The van der Waals surface area contributed by atoms with Crippen molar-refractivity contribution >= 4 is 11.0 Å². The van der Waals surface area contributed by atoms with Gasteiger partial charge in [-0.15, -0.1) is 0 Å². The maximum atomic E-state index is 9.34. The summed E-state index contributed by atoms with van der Waals surface area (Å²) in [7, 11) is 0. The van der Waals surface area contributed by atoms with Crippen LogP contribution >= 0.6 is 0 Å². The lowest BCUT2D eigenvalue weighted by Gasteiger charge is -1.99. The fraction of sp³-hybridized carbons (Fsp3) is 0.364. The molecule has 0 saturated heterocycles. The first-order valence-electron chi connectivity index (χ1n) is 4.74. The molecule has 14 heavy (non-hydrogen) atoms. The highest BCUT2D eigenvalue weighted by atomic mass is 16.5. The van der Waals surface area contributed by atoms with E-state index in [1.165, 1.54) is 0 Å². The molecule has 0 radical (unpaired) electrons. The van der Waals surface area contributed by atoms with Crippen LogP contribution in [0.25, 0.3) is 11.0 Å². The van der Waals surface area contributed by atoms with Crippen LogP contribution in [0.1, 0.15) is 19.5 Å². The number of fused-ring (bicyclic) bond motifs is 1. The Labute approximate surface area is 82.3 Å². The van der Waals surface area contributed by atoms with Gasteiger partial charge in [0.25, 0.3) is 0 Å². The van der Waals surface area contributed by atoms with E-state index in [0.717, 1.165) is 23.1 Å². The molecule has 0 aliphatic carbocycles. The molecule has 74 valence electrons. The van der Waals surface area contributed by atoms with Crippen molar-refractivity contribution in [2.24, 2.45) is 5.92 Å². The SMILES string of the molecule is CC(C)Cc1noc2ccc(O)cc12. The predicted molar refractivity (Wildman–Crippen MR) is 54.2 cm³/mol. The van der Waals surface area contributed by atoms with Crippen LogP contribution in [0.2, 0.25) is 0 Å². The van der Waals surface area contributed by atoms with E-state index in [1.54, 1.807) is 18.2 Å². The molecule has 0 spiro atoms. The molecule has 3 heteroatoms. The zero-order valence-electron chi connectivity index (χ0n) is 8.32. The highest BCUT2D eigenvalue weighted by Crippen LogP contribution is 2.24. The Kier molecular flexibility index (Phi) is 2.15. The summed E-state index contributed by atoms with van der Waals surface area (Å²) < 4.78 is 5.14. The Hall–Kier alpha value is -1.51. The van der Waals surface area contributed by atoms with Gasteiger partial charge in [0.1, 0.15) is 5.75 Å². The van der Waals surface area contributed by atoms with Gasteiger partial charge in [0, 0.05) is 5.39 Å². The van der Waals surface area contributed by atoms with Crippen LogP contribution in [0.4, 0.5) is 0 Å². The van der Waals surface area contributed by atoms with Crippen LogP contribution in [0.5, 0.6) is 5.75 Å². The van der Waals surface area contributed by atoms with Crippen molar-refractivity contribution in [3.8, 4) is 5.75 Å². The highest BCUT2D eigenvalue weighted by Gasteiger charge is 2.09. The number of rotatable bonds is 2. The minimum Gasteiger partial charge on any atom is -0.508 e. The van der Waals surface area contributed by atoms with Crippen LogP contribution in [-0.2, 0) is 6.42 Å². The third-order valence-corrected chi connectivity index (χ3v) is 2.13. The van der Waals surface area contributed by atoms with Crippen molar-refractivity contribution in [2.45, 2.75) is 20.3 Å². The van der Waals surface area contributed by atoms with Crippen LogP contribution in [0.15, 0.2) is 22.7 Å². The molecule has 0 aliphatic rings. The van der Waals surface area contributed by atoms with Crippen LogP contribution in [0, 0.1) is 5.92 Å². The molecule has 1 N–H and O–H groups in total. The van der Waals surface area contributed by atoms with E-state index in [1.807, 2.05) is 0 Å². The van der Waals surface area contributed by atoms with E-state index in [0.29, 0.717) is 5.92 Å². The van der Waals surface area contributed by atoms with Gasteiger partial charge in [0.05, 0.1) is 5.69 Å². The predicted octanol–water partition coefficient (Wildman–Crippen LogP) is 2.73. The molecule has 3 nitrogen and oxygen atoms in total. The molecule has 1 aromatic carbocycles. The minimum atomic E-state index is 0.255. The number of phenolic OH excluding ortho intramolecular Hbond substituents is 1. The third kappa shape index (κ3) is 1.58. The summed E-state index contributed by atoms with van der Waals surface area (Å²) >= 11 is 0. The fourth-order valence-electron chi connectivity index (χ4n) is 1.51. The number of hydrogen-bond acceptors (Lipinski definition) is 3. The second-order valence-corrected chi connectivity index (χ2v) is 3.91. The second kappa shape index (κ2) is 3.33. The van der Waals surface area contributed by atoms with E-state index in [4.69, 9.17) is 4.52 Å². The molecule has 0 amide bonds. The molecule has 0 atom stereocenters. The Morgan fingerprint density at radius 2 is 2.21 bits per heavy atom. The third-order valence-electron chi connectivity index (χ3n) is 2.13. The summed E-state index contributed by atoms with van der Waals surface area (Å²) in [5.41, 5.74) is 1.66. The van der Waals surface area contributed by atoms with Gasteiger partial charge in [-0.25, -0.2) is 0 Å². The zero-order valence-corrected chi connectivity index (χ0v) is 8.32. The number of nitrogens with zero attached hydrogens (tertiary/aromatic N) is 1. The Morgan fingerprint density at radius 3 is 2.93 bits per heavy atom. The normalized spacial score (nSPS) is 11.4. The number of phenols is 1. The van der Waals surface area contributed by atoms with Gasteiger partial charge in [-0.05, 0) is 30.5 Å². The van der Waals surface area contributed by atoms with Crippen LogP contribution in [-0.4, -0.2) is 10.3 Å². The molecule has 2 rings (SSSR count). The quantitative estimate of drug-likeness (QED) is 0.793. The van der Waals surface area contributed by atoms with Crippen molar-refractivity contribution in [3.63, 3.8) is 0 Å². The van der Waals surface area contributed by atoms with Crippen molar-refractivity contribution in [3.05, 3.63) is 23.9 Å². The molecule has 0 aliphatic heterocycles. The lowest BCUT2D eigenvalue weighted by Crippen LogP contribution is -1.94. The first kappa shape index (κ1) is 9.06. The molecule has 1 aromatic heterocycles. The van der Waals surface area contributed by atoms with Crippen molar-refractivity contribution in [1.29, 1.82) is 0 Å². The lowest BCUT2D eigenvalue weighted by molar-refractivity contribution is 0.438. The molecule has 0 bridgehead atoms. The first-order valence-corrected chi connectivity index (χ1v) is 4.74. The van der Waals surface area contributed by atoms with Crippen molar-refractivity contribution in [1.82, 2.24) is 5.16 Å². The van der Waals surface area contributed by atoms with Crippen molar-refractivity contribution < 1.29 is 9.63 Å². The summed E-state index contributed by atoms with van der Waals surface area (Å²) in [5, 5.41) is 14.2. The Morgan fingerprint density at radius 1 is 1.43 bits per heavy atom. The summed E-state index contributed by atoms with van der Waals surface area (Å²) in [6.07, 6.45) is 0.871. The average Bonchev–Trinajstić information content (AvgIpc) is 2.47. The first-order chi connectivity index (χ1) is 6.66. The minimum absolute atomic E-state index is 0.255. The van der Waals surface area contributed by atoms with Crippen LogP contribution < -0.4 is 0 Å². The molecular formula is C11H13NO2. The second-order valence-electron chi connectivity index (χ2n) is 3.91. The number of hydrogen-bond donors (Lipinski definition) is 1.